The van der Waals surface area contributed by atoms with Gasteiger partial charge in [-0.15, -0.1) is 0 Å². The van der Waals surface area contributed by atoms with Crippen molar-refractivity contribution < 1.29 is 0 Å². The maximum absolute atomic E-state index is 11.7. The van der Waals surface area contributed by atoms with E-state index >= 15 is 0 Å². The van der Waals surface area contributed by atoms with Gasteiger partial charge in [0, 0.05) is 44.7 Å². The molecule has 2 rings (SSSR count). The van der Waals surface area contributed by atoms with Crippen molar-refractivity contribution in [1.82, 2.24) is 14.9 Å². The molecule has 6 nitrogen and oxygen atoms in total. The Morgan fingerprint density at radius 3 is 2.65 bits per heavy atom. The van der Waals surface area contributed by atoms with Crippen molar-refractivity contribution in [3.05, 3.63) is 22.2 Å². The van der Waals surface area contributed by atoms with Crippen LogP contribution in [0, 0.1) is 0 Å². The molecular formula is C13H21N5OS. The van der Waals surface area contributed by atoms with Crippen LogP contribution in [0.25, 0.3) is 0 Å². The summed E-state index contributed by atoms with van der Waals surface area (Å²) in [7, 11) is 0. The van der Waals surface area contributed by atoms with Crippen LogP contribution >= 0.6 is 12.2 Å². The zero-order valence-corrected chi connectivity index (χ0v) is 12.7. The van der Waals surface area contributed by atoms with Gasteiger partial charge in [-0.1, -0.05) is 26.1 Å². The molecule has 0 spiro atoms. The van der Waals surface area contributed by atoms with Crippen LogP contribution in [0.2, 0.25) is 0 Å². The number of hydrogen-bond donors (Lipinski definition) is 2. The Balaban J connectivity index is 2.07. The first-order chi connectivity index (χ1) is 9.45. The maximum atomic E-state index is 11.7. The number of anilines is 1. The molecule has 0 atom stereocenters. The third-order valence-electron chi connectivity index (χ3n) is 3.37. The highest BCUT2D eigenvalue weighted by Gasteiger charge is 2.19. The lowest BCUT2D eigenvalue weighted by molar-refractivity contribution is 0.291. The van der Waals surface area contributed by atoms with Gasteiger partial charge >= 0.3 is 0 Å². The van der Waals surface area contributed by atoms with Crippen molar-refractivity contribution in [3.8, 4) is 0 Å². The molecule has 0 saturated carbocycles. The molecule has 0 amide bonds. The first-order valence-corrected chi connectivity index (χ1v) is 7.23. The fraction of sp³-hybridized carbons (Fsp3) is 0.615. The van der Waals surface area contributed by atoms with E-state index in [9.17, 15) is 4.79 Å². The first kappa shape index (κ1) is 14.9. The normalized spacial score (nSPS) is 16.6. The summed E-state index contributed by atoms with van der Waals surface area (Å²) in [6.07, 6.45) is 0. The van der Waals surface area contributed by atoms with Gasteiger partial charge in [0.05, 0.1) is 4.99 Å². The summed E-state index contributed by atoms with van der Waals surface area (Å²) in [5.74, 6) is 1.70. The van der Waals surface area contributed by atoms with Gasteiger partial charge in [0.25, 0.3) is 5.56 Å². The summed E-state index contributed by atoms with van der Waals surface area (Å²) in [5.41, 5.74) is 5.47. The van der Waals surface area contributed by atoms with E-state index in [1.807, 2.05) is 13.8 Å². The molecule has 7 heteroatoms. The van der Waals surface area contributed by atoms with E-state index in [1.54, 1.807) is 6.07 Å². The largest absolute Gasteiger partial charge is 0.392 e. The molecule has 3 N–H and O–H groups in total. The van der Waals surface area contributed by atoms with Gasteiger partial charge in [-0.25, -0.2) is 4.98 Å². The second-order valence-electron chi connectivity index (χ2n) is 5.37. The number of thiocarbonyl (C=S) groups is 1. The average molecular weight is 295 g/mol. The summed E-state index contributed by atoms with van der Waals surface area (Å²) in [6, 6.07) is 1.56. The molecule has 1 aliphatic heterocycles. The second kappa shape index (κ2) is 6.32. The molecule has 1 aromatic heterocycles. The van der Waals surface area contributed by atoms with Crippen molar-refractivity contribution in [2.24, 2.45) is 5.73 Å². The summed E-state index contributed by atoms with van der Waals surface area (Å²) < 4.78 is 0. The molecular weight excluding hydrogens is 274 g/mol. The molecule has 0 bridgehead atoms. The Hall–Kier alpha value is -1.47. The summed E-state index contributed by atoms with van der Waals surface area (Å²) in [6.45, 7) is 8.10. The van der Waals surface area contributed by atoms with Gasteiger partial charge in [0.2, 0.25) is 0 Å². The standard InChI is InChI=1S/C13H21N5OS/c1-9(2)13-15-11(7-12(19)16-13)18-5-3-17(4-6-18)8-10(14)20/h7,9H,3-6,8H2,1-2H3,(H2,14,20)(H,15,16,19). The first-order valence-electron chi connectivity index (χ1n) is 6.82. The number of piperazine rings is 1. The Morgan fingerprint density at radius 1 is 1.45 bits per heavy atom. The highest BCUT2D eigenvalue weighted by Crippen LogP contribution is 2.14. The van der Waals surface area contributed by atoms with E-state index in [0.29, 0.717) is 11.5 Å². The zero-order chi connectivity index (χ0) is 14.7. The number of H-pyrrole nitrogens is 1. The molecule has 0 aliphatic carbocycles. The Labute approximate surface area is 124 Å². The Kier molecular flexibility index (Phi) is 4.72. The molecule has 1 saturated heterocycles. The number of aromatic nitrogens is 2. The number of nitrogens with one attached hydrogen (secondary N) is 1. The highest BCUT2D eigenvalue weighted by atomic mass is 32.1. The maximum Gasteiger partial charge on any atom is 0.252 e. The van der Waals surface area contributed by atoms with E-state index in [-0.39, 0.29) is 11.5 Å². The van der Waals surface area contributed by atoms with Crippen LogP contribution in [-0.4, -0.2) is 52.6 Å². The Bertz CT molecular complexity index is 534. The predicted octanol–water partition coefficient (Wildman–Crippen LogP) is 0.301. The van der Waals surface area contributed by atoms with E-state index in [2.05, 4.69) is 19.8 Å². The van der Waals surface area contributed by atoms with Crippen molar-refractivity contribution in [2.75, 3.05) is 37.6 Å². The summed E-state index contributed by atoms with van der Waals surface area (Å²) in [4.78, 5) is 23.9. The van der Waals surface area contributed by atoms with Crippen LogP contribution in [0.3, 0.4) is 0 Å². The molecule has 2 heterocycles. The summed E-state index contributed by atoms with van der Waals surface area (Å²) in [5, 5.41) is 0. The SMILES string of the molecule is CC(C)c1nc(N2CCN(CC(N)=S)CC2)cc(=O)[nH]1. The van der Waals surface area contributed by atoms with Gasteiger partial charge in [-0.2, -0.15) is 0 Å². The fourth-order valence-electron chi connectivity index (χ4n) is 2.25. The molecule has 1 aliphatic rings. The minimum Gasteiger partial charge on any atom is -0.392 e. The van der Waals surface area contributed by atoms with Gasteiger partial charge in [-0.05, 0) is 0 Å². The lowest BCUT2D eigenvalue weighted by atomic mass is 10.2. The van der Waals surface area contributed by atoms with Gasteiger partial charge in [0.1, 0.15) is 11.6 Å². The predicted molar refractivity (Wildman–Crippen MR) is 84.4 cm³/mol. The summed E-state index contributed by atoms with van der Waals surface area (Å²) >= 11 is 4.93. The quantitative estimate of drug-likeness (QED) is 0.778. The minimum atomic E-state index is -0.0933. The molecule has 110 valence electrons. The molecule has 0 unspecified atom stereocenters. The van der Waals surface area contributed by atoms with Crippen LogP contribution in [0.15, 0.2) is 10.9 Å². The number of rotatable bonds is 4. The van der Waals surface area contributed by atoms with Crippen LogP contribution in [-0.2, 0) is 0 Å². The van der Waals surface area contributed by atoms with E-state index in [0.717, 1.165) is 37.8 Å². The third kappa shape index (κ3) is 3.77. The van der Waals surface area contributed by atoms with Gasteiger partial charge in [-0.3, -0.25) is 9.69 Å². The number of nitrogens with two attached hydrogens (primary N) is 1. The van der Waals surface area contributed by atoms with Crippen LogP contribution in [0.1, 0.15) is 25.6 Å². The molecule has 1 aromatic rings. The van der Waals surface area contributed by atoms with Crippen LogP contribution < -0.4 is 16.2 Å². The minimum absolute atomic E-state index is 0.0933. The monoisotopic (exact) mass is 295 g/mol. The topological polar surface area (TPSA) is 78.2 Å². The fourth-order valence-corrected chi connectivity index (χ4v) is 2.44. The molecule has 0 aromatic carbocycles. The van der Waals surface area contributed by atoms with Crippen molar-refractivity contribution >= 4 is 23.0 Å². The van der Waals surface area contributed by atoms with E-state index < -0.39 is 0 Å². The zero-order valence-electron chi connectivity index (χ0n) is 11.9. The smallest absolute Gasteiger partial charge is 0.252 e. The van der Waals surface area contributed by atoms with Crippen molar-refractivity contribution in [1.29, 1.82) is 0 Å². The number of aromatic amines is 1. The molecule has 20 heavy (non-hydrogen) atoms. The average Bonchev–Trinajstić information content (AvgIpc) is 2.38. The lowest BCUT2D eigenvalue weighted by Gasteiger charge is -2.35. The van der Waals surface area contributed by atoms with Crippen LogP contribution in [0.4, 0.5) is 5.82 Å². The molecule has 1 fully saturated rings. The van der Waals surface area contributed by atoms with E-state index in [4.69, 9.17) is 18.0 Å². The lowest BCUT2D eigenvalue weighted by Crippen LogP contribution is -2.49. The molecule has 0 radical (unpaired) electrons. The van der Waals surface area contributed by atoms with Crippen molar-refractivity contribution in [3.63, 3.8) is 0 Å². The number of nitrogens with zero attached hydrogens (tertiary/aromatic N) is 3. The second-order valence-corrected chi connectivity index (χ2v) is 5.90. The van der Waals surface area contributed by atoms with Gasteiger partial charge < -0.3 is 15.6 Å². The van der Waals surface area contributed by atoms with E-state index in [1.165, 1.54) is 0 Å². The van der Waals surface area contributed by atoms with Crippen molar-refractivity contribution in [2.45, 2.75) is 19.8 Å². The Morgan fingerprint density at radius 2 is 2.10 bits per heavy atom. The number of hydrogen-bond acceptors (Lipinski definition) is 5. The van der Waals surface area contributed by atoms with Crippen LogP contribution in [0.5, 0.6) is 0 Å². The third-order valence-corrected chi connectivity index (χ3v) is 3.50. The van der Waals surface area contributed by atoms with Gasteiger partial charge in [0.15, 0.2) is 0 Å². The highest BCUT2D eigenvalue weighted by molar-refractivity contribution is 7.80.